The number of hydrogen-bond donors (Lipinski definition) is 1. The molecule has 0 aliphatic carbocycles. The summed E-state index contributed by atoms with van der Waals surface area (Å²) in [6, 6.07) is 0. The first kappa shape index (κ1) is 20.6. The lowest BCUT2D eigenvalue weighted by Gasteiger charge is -2.14. The van der Waals surface area contributed by atoms with E-state index in [9.17, 15) is 8.42 Å². The highest BCUT2D eigenvalue weighted by Crippen LogP contribution is 2.28. The average Bonchev–Trinajstić information content (AvgIpc) is 3.00. The number of pyridine rings is 1. The van der Waals surface area contributed by atoms with Crippen molar-refractivity contribution in [1.29, 1.82) is 0 Å². The number of aromatic nitrogens is 3. The number of anilines is 1. The molecule has 0 aliphatic rings. The number of nitrogen functional groups attached to an aromatic ring is 1. The summed E-state index contributed by atoms with van der Waals surface area (Å²) >= 11 is 0. The lowest BCUT2D eigenvalue weighted by atomic mass is 10.2. The van der Waals surface area contributed by atoms with Crippen LogP contribution in [0.3, 0.4) is 0 Å². The fraction of sp³-hybridized carbons (Fsp3) is 0.667. The summed E-state index contributed by atoms with van der Waals surface area (Å²) in [5.74, 6) is 1.71. The van der Waals surface area contributed by atoms with E-state index in [2.05, 4.69) is 14.5 Å². The minimum atomic E-state index is -2.95. The summed E-state index contributed by atoms with van der Waals surface area (Å²) in [6.45, 7) is 6.59. The van der Waals surface area contributed by atoms with Crippen molar-refractivity contribution in [3.63, 3.8) is 0 Å². The number of unbranched alkanes of at least 4 members (excludes halogenated alkanes) is 2. The predicted molar refractivity (Wildman–Crippen MR) is 105 cm³/mol. The Kier molecular flexibility index (Phi) is 7.00. The molecular formula is C18H30N4O3S. The molecule has 1 unspecified atom stereocenters. The second-order valence-corrected chi connectivity index (χ2v) is 9.04. The topological polar surface area (TPSA) is 100 Å². The highest BCUT2D eigenvalue weighted by atomic mass is 32.2. The normalized spacial score (nSPS) is 13.4. The molecule has 0 saturated heterocycles. The molecule has 26 heavy (non-hydrogen) atoms. The van der Waals surface area contributed by atoms with Crippen LogP contribution in [0.25, 0.3) is 11.0 Å². The summed E-state index contributed by atoms with van der Waals surface area (Å²) in [4.78, 5) is 8.83. The van der Waals surface area contributed by atoms with E-state index in [0.717, 1.165) is 36.2 Å². The van der Waals surface area contributed by atoms with E-state index < -0.39 is 9.84 Å². The Bertz CT molecular complexity index is 846. The Morgan fingerprint density at radius 2 is 1.96 bits per heavy atom. The Hall–Kier alpha value is -1.67. The Labute approximate surface area is 155 Å². The van der Waals surface area contributed by atoms with Crippen molar-refractivity contribution < 1.29 is 13.2 Å². The van der Waals surface area contributed by atoms with Crippen molar-refractivity contribution in [1.82, 2.24) is 14.5 Å². The summed E-state index contributed by atoms with van der Waals surface area (Å²) in [5.41, 5.74) is 8.62. The molecular weight excluding hydrogens is 352 g/mol. The van der Waals surface area contributed by atoms with E-state index in [1.807, 2.05) is 20.8 Å². The van der Waals surface area contributed by atoms with Crippen LogP contribution < -0.4 is 5.73 Å². The Balaban J connectivity index is 2.19. The van der Waals surface area contributed by atoms with Crippen LogP contribution in [0.2, 0.25) is 0 Å². The van der Waals surface area contributed by atoms with Gasteiger partial charge in [0.1, 0.15) is 27.3 Å². The maximum Gasteiger partial charge on any atom is 0.151 e. The Morgan fingerprint density at radius 3 is 2.62 bits per heavy atom. The number of aryl methyl sites for hydroxylation is 2. The van der Waals surface area contributed by atoms with Gasteiger partial charge >= 0.3 is 0 Å². The number of hydrogen-bond acceptors (Lipinski definition) is 6. The number of rotatable bonds is 10. The fourth-order valence-corrected chi connectivity index (χ4v) is 4.61. The van der Waals surface area contributed by atoms with Gasteiger partial charge in [0.05, 0.1) is 17.0 Å². The predicted octanol–water partition coefficient (Wildman–Crippen LogP) is 3.02. The number of methoxy groups -OCH3 is 1. The maximum absolute atomic E-state index is 12.0. The van der Waals surface area contributed by atoms with Gasteiger partial charge in [0, 0.05) is 19.9 Å². The first-order chi connectivity index (χ1) is 12.3. The quantitative estimate of drug-likeness (QED) is 0.634. The molecule has 0 aromatic carbocycles. The zero-order chi connectivity index (χ0) is 19.3. The molecule has 2 rings (SSSR count). The maximum atomic E-state index is 12.0. The van der Waals surface area contributed by atoms with E-state index >= 15 is 0 Å². The molecule has 2 heterocycles. The molecule has 7 nitrogen and oxygen atoms in total. The lowest BCUT2D eigenvalue weighted by molar-refractivity contribution is 0.109. The molecule has 0 amide bonds. The zero-order valence-electron chi connectivity index (χ0n) is 16.2. The molecule has 0 bridgehead atoms. The van der Waals surface area contributed by atoms with E-state index in [4.69, 9.17) is 10.5 Å². The smallest absolute Gasteiger partial charge is 0.151 e. The third-order valence-electron chi connectivity index (χ3n) is 4.62. The number of nitrogens with zero attached hydrogens (tertiary/aromatic N) is 3. The molecule has 8 heteroatoms. The van der Waals surface area contributed by atoms with E-state index in [1.54, 1.807) is 13.3 Å². The van der Waals surface area contributed by atoms with E-state index in [0.29, 0.717) is 24.3 Å². The molecule has 0 saturated carbocycles. The Morgan fingerprint density at radius 1 is 1.27 bits per heavy atom. The van der Waals surface area contributed by atoms with Gasteiger partial charge in [0.25, 0.3) is 0 Å². The molecule has 146 valence electrons. The van der Waals surface area contributed by atoms with Gasteiger partial charge in [0.2, 0.25) is 0 Å². The monoisotopic (exact) mass is 382 g/mol. The van der Waals surface area contributed by atoms with E-state index in [-0.39, 0.29) is 17.6 Å². The second-order valence-electron chi connectivity index (χ2n) is 6.74. The highest BCUT2D eigenvalue weighted by Gasteiger charge is 2.20. The first-order valence-corrected chi connectivity index (χ1v) is 11.0. The highest BCUT2D eigenvalue weighted by molar-refractivity contribution is 7.91. The van der Waals surface area contributed by atoms with Gasteiger partial charge in [-0.2, -0.15) is 0 Å². The summed E-state index contributed by atoms with van der Waals surface area (Å²) in [6.07, 6.45) is 4.57. The first-order valence-electron chi connectivity index (χ1n) is 9.15. The van der Waals surface area contributed by atoms with Crippen LogP contribution in [-0.2, 0) is 21.1 Å². The summed E-state index contributed by atoms with van der Waals surface area (Å²) in [5, 5.41) is 0. The molecule has 2 aromatic heterocycles. The molecule has 1 atom stereocenters. The van der Waals surface area contributed by atoms with Gasteiger partial charge in [-0.3, -0.25) is 0 Å². The van der Waals surface area contributed by atoms with Gasteiger partial charge in [-0.1, -0.05) is 13.3 Å². The molecule has 0 fully saturated rings. The van der Waals surface area contributed by atoms with Gasteiger partial charge in [-0.05, 0) is 38.7 Å². The van der Waals surface area contributed by atoms with Crippen LogP contribution in [0.4, 0.5) is 5.82 Å². The number of nitrogens with two attached hydrogens (primary N) is 1. The number of ether oxygens (including phenoxy) is 1. The second kappa shape index (κ2) is 8.81. The summed E-state index contributed by atoms with van der Waals surface area (Å²) < 4.78 is 31.6. The molecule has 2 N–H and O–H groups in total. The number of fused-ring (bicyclic) bond motifs is 1. The molecule has 0 spiro atoms. The van der Waals surface area contributed by atoms with Gasteiger partial charge in [-0.25, -0.2) is 18.4 Å². The SMILES string of the molecule is CCCCS(=O)(=O)CCCCn1c(C(C)OC)nc2c(N)ncc(C)c21. The van der Waals surface area contributed by atoms with Crippen LogP contribution in [-0.4, -0.2) is 41.6 Å². The molecule has 0 aliphatic heterocycles. The summed E-state index contributed by atoms with van der Waals surface area (Å²) in [7, 11) is -1.31. The number of imidazole rings is 1. The van der Waals surface area contributed by atoms with Crippen LogP contribution in [0, 0.1) is 6.92 Å². The number of sulfone groups is 1. The average molecular weight is 383 g/mol. The van der Waals surface area contributed by atoms with Crippen molar-refractivity contribution in [2.45, 2.75) is 59.1 Å². The van der Waals surface area contributed by atoms with Crippen molar-refractivity contribution in [2.75, 3.05) is 24.3 Å². The lowest BCUT2D eigenvalue weighted by Crippen LogP contribution is -2.13. The van der Waals surface area contributed by atoms with Gasteiger partial charge in [-0.15, -0.1) is 0 Å². The standard InChI is InChI=1S/C18H30N4O3S/c1-5-6-10-26(23,24)11-8-7-9-22-16-13(2)12-20-17(19)15(16)21-18(22)14(3)25-4/h12,14H,5-11H2,1-4H3,(H2,19,20). The van der Waals surface area contributed by atoms with Crippen LogP contribution in [0.1, 0.15) is 57.0 Å². The molecule has 2 aromatic rings. The van der Waals surface area contributed by atoms with Gasteiger partial charge < -0.3 is 15.0 Å². The third-order valence-corrected chi connectivity index (χ3v) is 6.45. The molecule has 0 radical (unpaired) electrons. The van der Waals surface area contributed by atoms with Crippen molar-refractivity contribution in [3.8, 4) is 0 Å². The van der Waals surface area contributed by atoms with Gasteiger partial charge in [0.15, 0.2) is 5.82 Å². The van der Waals surface area contributed by atoms with Crippen molar-refractivity contribution in [2.24, 2.45) is 0 Å². The third kappa shape index (κ3) is 4.73. The van der Waals surface area contributed by atoms with Crippen molar-refractivity contribution in [3.05, 3.63) is 17.6 Å². The van der Waals surface area contributed by atoms with Crippen LogP contribution >= 0.6 is 0 Å². The van der Waals surface area contributed by atoms with E-state index in [1.165, 1.54) is 0 Å². The van der Waals surface area contributed by atoms with Crippen LogP contribution in [0.5, 0.6) is 0 Å². The van der Waals surface area contributed by atoms with Crippen LogP contribution in [0.15, 0.2) is 6.20 Å². The fourth-order valence-electron chi connectivity index (χ4n) is 3.04. The minimum Gasteiger partial charge on any atom is -0.382 e. The minimum absolute atomic E-state index is 0.186. The van der Waals surface area contributed by atoms with Crippen molar-refractivity contribution >= 4 is 26.7 Å². The zero-order valence-corrected chi connectivity index (χ0v) is 17.0. The largest absolute Gasteiger partial charge is 0.382 e.